The molecule has 2 aromatic carbocycles. The van der Waals surface area contributed by atoms with Crippen LogP contribution in [0, 0.1) is 0 Å². The molecule has 0 aromatic heterocycles. The van der Waals surface area contributed by atoms with E-state index in [2.05, 4.69) is 0 Å². The predicted octanol–water partition coefficient (Wildman–Crippen LogP) is 2.87. The van der Waals surface area contributed by atoms with Crippen LogP contribution < -0.4 is 18.9 Å². The molecule has 0 saturated carbocycles. The molecular formula is C19H20O6. The van der Waals surface area contributed by atoms with Crippen LogP contribution >= 0.6 is 0 Å². The fourth-order valence-corrected chi connectivity index (χ4v) is 2.53. The van der Waals surface area contributed by atoms with Gasteiger partial charge in [0.2, 0.25) is 5.75 Å². The number of methoxy groups -OCH3 is 2. The number of rotatable bonds is 6. The van der Waals surface area contributed by atoms with Gasteiger partial charge in [-0.15, -0.1) is 0 Å². The van der Waals surface area contributed by atoms with Crippen LogP contribution in [0.4, 0.5) is 0 Å². The lowest BCUT2D eigenvalue weighted by Gasteiger charge is -2.21. The van der Waals surface area contributed by atoms with E-state index in [0.29, 0.717) is 42.4 Å². The van der Waals surface area contributed by atoms with Crippen molar-refractivity contribution in [2.24, 2.45) is 0 Å². The van der Waals surface area contributed by atoms with Crippen LogP contribution in [0.5, 0.6) is 23.0 Å². The molecular weight excluding hydrogens is 324 g/mol. The Labute approximate surface area is 146 Å². The molecule has 0 bridgehead atoms. The van der Waals surface area contributed by atoms with E-state index in [9.17, 15) is 4.79 Å². The summed E-state index contributed by atoms with van der Waals surface area (Å²) in [6.07, 6.45) is 0.622. The van der Waals surface area contributed by atoms with Gasteiger partial charge in [0.25, 0.3) is 0 Å². The summed E-state index contributed by atoms with van der Waals surface area (Å²) in [6.45, 7) is 1.17. The Morgan fingerprint density at radius 3 is 2.52 bits per heavy atom. The lowest BCUT2D eigenvalue weighted by molar-refractivity contribution is 0.0507. The fraction of sp³-hybridized carbons (Fsp3) is 0.316. The smallest absolute Gasteiger partial charge is 0.338 e. The summed E-state index contributed by atoms with van der Waals surface area (Å²) in [6, 6.07) is 10.9. The van der Waals surface area contributed by atoms with E-state index in [1.54, 1.807) is 19.2 Å². The molecule has 6 nitrogen and oxygen atoms in total. The summed E-state index contributed by atoms with van der Waals surface area (Å²) in [5, 5.41) is 0. The van der Waals surface area contributed by atoms with E-state index in [1.807, 2.05) is 24.3 Å². The normalized spacial score (nSPS) is 12.4. The first kappa shape index (κ1) is 17.0. The average Bonchev–Trinajstić information content (AvgIpc) is 2.67. The maximum atomic E-state index is 12.3. The minimum atomic E-state index is -0.427. The number of hydrogen-bond acceptors (Lipinski definition) is 6. The molecule has 0 spiro atoms. The minimum Gasteiger partial charge on any atom is -0.497 e. The summed E-state index contributed by atoms with van der Waals surface area (Å²) < 4.78 is 26.8. The molecule has 1 heterocycles. The monoisotopic (exact) mass is 344 g/mol. The fourth-order valence-electron chi connectivity index (χ4n) is 2.53. The first-order valence-corrected chi connectivity index (χ1v) is 7.99. The summed E-state index contributed by atoms with van der Waals surface area (Å²) in [5.41, 5.74) is 1.43. The van der Waals surface area contributed by atoms with Crippen molar-refractivity contribution in [1.82, 2.24) is 0 Å². The van der Waals surface area contributed by atoms with Crippen molar-refractivity contribution < 1.29 is 28.5 Å². The van der Waals surface area contributed by atoms with Crippen LogP contribution in [0.15, 0.2) is 36.4 Å². The first-order valence-electron chi connectivity index (χ1n) is 7.99. The molecule has 0 saturated heterocycles. The van der Waals surface area contributed by atoms with Gasteiger partial charge < -0.3 is 23.7 Å². The predicted molar refractivity (Wildman–Crippen MR) is 91.0 cm³/mol. The number of esters is 1. The third-order valence-corrected chi connectivity index (χ3v) is 3.85. The maximum Gasteiger partial charge on any atom is 0.338 e. The van der Waals surface area contributed by atoms with Crippen LogP contribution in [-0.4, -0.2) is 40.0 Å². The van der Waals surface area contributed by atoms with E-state index in [1.165, 1.54) is 7.11 Å². The van der Waals surface area contributed by atoms with Gasteiger partial charge in [-0.05, 0) is 29.8 Å². The molecule has 1 aliphatic heterocycles. The zero-order valence-electron chi connectivity index (χ0n) is 14.2. The molecule has 0 radical (unpaired) electrons. The SMILES string of the molecule is COc1ccc(CCOC(=O)c2cc(OC)c3c(c2)OCCO3)cc1. The maximum absolute atomic E-state index is 12.3. The zero-order valence-corrected chi connectivity index (χ0v) is 14.2. The van der Waals surface area contributed by atoms with Crippen LogP contribution in [0.3, 0.4) is 0 Å². The van der Waals surface area contributed by atoms with Crippen molar-refractivity contribution in [3.63, 3.8) is 0 Å². The van der Waals surface area contributed by atoms with Crippen LogP contribution in [0.1, 0.15) is 15.9 Å². The Kier molecular flexibility index (Phi) is 5.28. The van der Waals surface area contributed by atoms with Crippen LogP contribution in [0.2, 0.25) is 0 Å². The minimum absolute atomic E-state index is 0.280. The highest BCUT2D eigenvalue weighted by Gasteiger charge is 2.21. The van der Waals surface area contributed by atoms with E-state index in [0.717, 1.165) is 11.3 Å². The molecule has 25 heavy (non-hydrogen) atoms. The van der Waals surface area contributed by atoms with Crippen molar-refractivity contribution in [2.75, 3.05) is 34.0 Å². The van der Waals surface area contributed by atoms with E-state index >= 15 is 0 Å². The number of fused-ring (bicyclic) bond motifs is 1. The van der Waals surface area contributed by atoms with Crippen molar-refractivity contribution in [2.45, 2.75) is 6.42 Å². The molecule has 0 atom stereocenters. The van der Waals surface area contributed by atoms with Crippen molar-refractivity contribution in [3.05, 3.63) is 47.5 Å². The Morgan fingerprint density at radius 1 is 1.04 bits per heavy atom. The van der Waals surface area contributed by atoms with Gasteiger partial charge in [0.05, 0.1) is 26.4 Å². The number of ether oxygens (including phenoxy) is 5. The van der Waals surface area contributed by atoms with E-state index in [-0.39, 0.29) is 6.61 Å². The molecule has 0 N–H and O–H groups in total. The first-order chi connectivity index (χ1) is 12.2. The van der Waals surface area contributed by atoms with E-state index in [4.69, 9.17) is 23.7 Å². The molecule has 2 aromatic rings. The van der Waals surface area contributed by atoms with Gasteiger partial charge in [-0.1, -0.05) is 12.1 Å². The summed E-state index contributed by atoms with van der Waals surface area (Å²) >= 11 is 0. The van der Waals surface area contributed by atoms with Gasteiger partial charge >= 0.3 is 5.97 Å². The highest BCUT2D eigenvalue weighted by Crippen LogP contribution is 2.40. The topological polar surface area (TPSA) is 63.2 Å². The van der Waals surface area contributed by atoms with Crippen LogP contribution in [0.25, 0.3) is 0 Å². The molecule has 3 rings (SSSR count). The Bertz CT molecular complexity index is 721. The van der Waals surface area contributed by atoms with Gasteiger partial charge in [0, 0.05) is 6.42 Å². The van der Waals surface area contributed by atoms with Gasteiger partial charge in [0.15, 0.2) is 11.5 Å². The Balaban J connectivity index is 1.62. The molecule has 0 fully saturated rings. The quantitative estimate of drug-likeness (QED) is 0.751. The Morgan fingerprint density at radius 2 is 1.80 bits per heavy atom. The standard InChI is InChI=1S/C19H20O6/c1-21-15-5-3-13(4-6-15)7-8-25-19(20)14-11-16(22-2)18-17(12-14)23-9-10-24-18/h3-6,11-12H,7-10H2,1-2H3. The third kappa shape index (κ3) is 3.96. The van der Waals surface area contributed by atoms with Gasteiger partial charge in [-0.25, -0.2) is 4.79 Å². The van der Waals surface area contributed by atoms with Gasteiger partial charge in [-0.3, -0.25) is 0 Å². The molecule has 1 aliphatic rings. The second-order valence-corrected chi connectivity index (χ2v) is 5.44. The van der Waals surface area contributed by atoms with E-state index < -0.39 is 5.97 Å². The lowest BCUT2D eigenvalue weighted by atomic mass is 10.1. The summed E-state index contributed by atoms with van der Waals surface area (Å²) in [7, 11) is 3.14. The summed E-state index contributed by atoms with van der Waals surface area (Å²) in [4.78, 5) is 12.3. The number of carbonyl (C=O) groups excluding carboxylic acids is 1. The summed E-state index contributed by atoms with van der Waals surface area (Å²) in [5.74, 6) is 1.84. The van der Waals surface area contributed by atoms with Crippen molar-refractivity contribution in [3.8, 4) is 23.0 Å². The largest absolute Gasteiger partial charge is 0.497 e. The van der Waals surface area contributed by atoms with Crippen molar-refractivity contribution in [1.29, 1.82) is 0 Å². The highest BCUT2D eigenvalue weighted by molar-refractivity contribution is 5.91. The number of benzene rings is 2. The molecule has 6 heteroatoms. The highest BCUT2D eigenvalue weighted by atomic mass is 16.6. The molecule has 0 amide bonds. The van der Waals surface area contributed by atoms with Crippen molar-refractivity contribution >= 4 is 5.97 Å². The lowest BCUT2D eigenvalue weighted by Crippen LogP contribution is -2.17. The second kappa shape index (κ2) is 7.79. The zero-order chi connectivity index (χ0) is 17.6. The number of carbonyl (C=O) groups is 1. The number of hydrogen-bond donors (Lipinski definition) is 0. The second-order valence-electron chi connectivity index (χ2n) is 5.44. The van der Waals surface area contributed by atoms with Gasteiger partial charge in [0.1, 0.15) is 19.0 Å². The van der Waals surface area contributed by atoms with Gasteiger partial charge in [-0.2, -0.15) is 0 Å². The molecule has 0 unspecified atom stereocenters. The average molecular weight is 344 g/mol. The molecule has 0 aliphatic carbocycles. The Hall–Kier alpha value is -2.89. The van der Waals surface area contributed by atoms with Crippen LogP contribution in [-0.2, 0) is 11.2 Å². The molecule has 132 valence electrons. The third-order valence-electron chi connectivity index (χ3n) is 3.85.